The van der Waals surface area contributed by atoms with Crippen molar-refractivity contribution in [2.75, 3.05) is 35.0 Å². The Morgan fingerprint density at radius 2 is 1.85 bits per heavy atom. The van der Waals surface area contributed by atoms with Gasteiger partial charge in [-0.05, 0) is 75.3 Å². The molecule has 8 nitrogen and oxygen atoms in total. The molecule has 0 aromatic heterocycles. The molecule has 0 saturated carbocycles. The Bertz CT molecular complexity index is 1120. The highest BCUT2D eigenvalue weighted by Gasteiger charge is 2.29. The zero-order chi connectivity index (χ0) is 30.0. The molecule has 0 bridgehead atoms. The van der Waals surface area contributed by atoms with Crippen molar-refractivity contribution in [3.8, 4) is 0 Å². The Balaban J connectivity index is 1.81. The van der Waals surface area contributed by atoms with Crippen molar-refractivity contribution in [2.45, 2.75) is 84.4 Å². The number of carbonyl (C=O) groups excluding carboxylic acids is 1. The Hall–Kier alpha value is -2.01. The highest BCUT2D eigenvalue weighted by Crippen LogP contribution is 2.50. The number of amides is 1. The molecule has 2 aromatic rings. The van der Waals surface area contributed by atoms with Gasteiger partial charge in [-0.3, -0.25) is 18.2 Å². The van der Waals surface area contributed by atoms with Gasteiger partial charge in [-0.2, -0.15) is 0 Å². The number of rotatable bonds is 15. The Kier molecular flexibility index (Phi) is 13.1. The number of nitrogens with zero attached hydrogens (tertiary/aromatic N) is 1. The fourth-order valence-electron chi connectivity index (χ4n) is 5.13. The van der Waals surface area contributed by atoms with Gasteiger partial charge in [0.25, 0.3) is 5.91 Å². The van der Waals surface area contributed by atoms with Crippen LogP contribution in [0.25, 0.3) is 0 Å². The topological polar surface area (TPSA) is 117 Å². The normalized spacial score (nSPS) is 18.0. The first-order valence-electron chi connectivity index (χ1n) is 14.9. The highest BCUT2D eigenvalue weighted by atomic mass is 35.5. The van der Waals surface area contributed by atoms with Crippen molar-refractivity contribution >= 4 is 39.7 Å². The molecule has 41 heavy (non-hydrogen) atoms. The number of nitrogens with one attached hydrogen (secondary N) is 3. The molecule has 3 atom stereocenters. The van der Waals surface area contributed by atoms with Crippen LogP contribution in [0.4, 0.5) is 11.4 Å². The average Bonchev–Trinajstić information content (AvgIpc) is 2.92. The van der Waals surface area contributed by atoms with Gasteiger partial charge >= 0.3 is 0 Å². The lowest BCUT2D eigenvalue weighted by molar-refractivity contribution is 0.0825. The smallest absolute Gasteiger partial charge is 0.251 e. The summed E-state index contributed by atoms with van der Waals surface area (Å²) in [5.41, 5.74) is 2.53. The number of carbonyl (C=O) groups is 1. The van der Waals surface area contributed by atoms with Crippen molar-refractivity contribution in [1.82, 2.24) is 10.6 Å². The molecule has 0 spiro atoms. The molecule has 0 aliphatic carbocycles. The van der Waals surface area contributed by atoms with E-state index in [1.165, 1.54) is 6.42 Å². The Morgan fingerprint density at radius 1 is 1.10 bits per heavy atom. The van der Waals surface area contributed by atoms with E-state index in [-0.39, 0.29) is 11.9 Å². The third kappa shape index (κ3) is 10.3. The Labute approximate surface area is 252 Å². The van der Waals surface area contributed by atoms with Gasteiger partial charge in [-0.15, -0.1) is 10.8 Å². The summed E-state index contributed by atoms with van der Waals surface area (Å²) in [6.45, 7) is 10.0. The van der Waals surface area contributed by atoms with E-state index in [0.717, 1.165) is 36.9 Å². The molecule has 1 heterocycles. The van der Waals surface area contributed by atoms with Crippen LogP contribution in [0.1, 0.15) is 75.7 Å². The van der Waals surface area contributed by atoms with Crippen LogP contribution in [0.2, 0.25) is 5.02 Å². The molecule has 1 fully saturated rings. The van der Waals surface area contributed by atoms with Crippen LogP contribution in [0.15, 0.2) is 42.5 Å². The summed E-state index contributed by atoms with van der Waals surface area (Å²) in [7, 11) is -2.95. The first kappa shape index (κ1) is 33.5. The molecule has 1 aliphatic heterocycles. The van der Waals surface area contributed by atoms with Gasteiger partial charge in [0.1, 0.15) is 0 Å². The second-order valence-electron chi connectivity index (χ2n) is 11.5. The van der Waals surface area contributed by atoms with Crippen molar-refractivity contribution in [3.05, 3.63) is 58.6 Å². The lowest BCUT2D eigenvalue weighted by atomic mass is 9.99. The van der Waals surface area contributed by atoms with Crippen LogP contribution < -0.4 is 20.3 Å². The molecule has 2 aromatic carbocycles. The van der Waals surface area contributed by atoms with Crippen molar-refractivity contribution in [1.29, 1.82) is 0 Å². The Morgan fingerprint density at radius 3 is 2.54 bits per heavy atom. The molecule has 0 radical (unpaired) electrons. The van der Waals surface area contributed by atoms with E-state index >= 15 is 0 Å². The first-order valence-corrected chi connectivity index (χ1v) is 16.9. The summed E-state index contributed by atoms with van der Waals surface area (Å²) >= 11 is 6.46. The number of benzene rings is 2. The quantitative estimate of drug-likeness (QED) is 0.136. The summed E-state index contributed by atoms with van der Waals surface area (Å²) in [5.74, 6) is 0.632. The first-order chi connectivity index (χ1) is 19.5. The van der Waals surface area contributed by atoms with Crippen molar-refractivity contribution in [2.24, 2.45) is 5.92 Å². The second-order valence-corrected chi connectivity index (χ2v) is 14.0. The van der Waals surface area contributed by atoms with Gasteiger partial charge in [0.15, 0.2) is 0 Å². The summed E-state index contributed by atoms with van der Waals surface area (Å²) < 4.78 is 23.1. The van der Waals surface area contributed by atoms with E-state index in [1.54, 1.807) is 22.5 Å². The van der Waals surface area contributed by atoms with E-state index in [4.69, 9.17) is 11.6 Å². The molecular formula is C31H49ClN4O4S. The van der Waals surface area contributed by atoms with Crippen LogP contribution in [0.3, 0.4) is 0 Å². The summed E-state index contributed by atoms with van der Waals surface area (Å²) in [5, 5.41) is 21.6. The molecular weight excluding hydrogens is 560 g/mol. The zero-order valence-electron chi connectivity index (χ0n) is 24.9. The minimum Gasteiger partial charge on any atom is -0.390 e. The lowest BCUT2D eigenvalue weighted by Gasteiger charge is -2.47. The molecule has 6 N–H and O–H groups in total. The van der Waals surface area contributed by atoms with Crippen LogP contribution in [0.5, 0.6) is 0 Å². The van der Waals surface area contributed by atoms with Crippen LogP contribution in [-0.4, -0.2) is 63.7 Å². The predicted octanol–water partition coefficient (Wildman–Crippen LogP) is 6.54. The zero-order valence-corrected chi connectivity index (χ0v) is 26.5. The predicted molar refractivity (Wildman–Crippen MR) is 173 cm³/mol. The number of aliphatic hydroxyl groups excluding tert-OH is 1. The van der Waals surface area contributed by atoms with E-state index in [2.05, 4.69) is 36.7 Å². The standard InChI is InChI=1S/C31H49ClN4O4S/c1-5-33-26-17-25(18-27(20-26)36-15-8-9-16-41(36,39)40)31(38)35-29(19-24-13-6-7-14-28(24)32)30(37)21-34-23(4)12-10-11-22(2)3/h6-7,13-14,17-18,20,22-23,29-30,33-34,37,39-40H,5,8-12,15-16,19,21H2,1-4H3,(H,35,38)/t23?,29-,30+/m0/s1. The van der Waals surface area contributed by atoms with Crippen molar-refractivity contribution in [3.63, 3.8) is 0 Å². The number of halogens is 1. The summed E-state index contributed by atoms with van der Waals surface area (Å²) in [6.07, 6.45) is 4.41. The number of anilines is 2. The van der Waals surface area contributed by atoms with Crippen LogP contribution in [-0.2, 0) is 6.42 Å². The molecule has 230 valence electrons. The molecule has 1 saturated heterocycles. The van der Waals surface area contributed by atoms with Gasteiger partial charge < -0.3 is 21.1 Å². The van der Waals surface area contributed by atoms with Crippen LogP contribution in [0, 0.1) is 5.92 Å². The molecule has 1 amide bonds. The monoisotopic (exact) mass is 608 g/mol. The van der Waals surface area contributed by atoms with Gasteiger partial charge in [0.2, 0.25) is 0 Å². The average molecular weight is 609 g/mol. The second kappa shape index (κ2) is 16.0. The maximum atomic E-state index is 13.7. The van der Waals surface area contributed by atoms with Gasteiger partial charge in [0.05, 0.1) is 23.6 Å². The fraction of sp³-hybridized carbons (Fsp3) is 0.581. The summed E-state index contributed by atoms with van der Waals surface area (Å²) in [6, 6.07) is 12.4. The van der Waals surface area contributed by atoms with Gasteiger partial charge in [-0.1, -0.05) is 56.5 Å². The maximum Gasteiger partial charge on any atom is 0.251 e. The van der Waals surface area contributed by atoms with Gasteiger partial charge in [0, 0.05) is 41.9 Å². The third-order valence-electron chi connectivity index (χ3n) is 7.50. The third-order valence-corrected chi connectivity index (χ3v) is 9.81. The van der Waals surface area contributed by atoms with Gasteiger partial charge in [-0.25, -0.2) is 0 Å². The lowest BCUT2D eigenvalue weighted by Crippen LogP contribution is -2.49. The van der Waals surface area contributed by atoms with E-state index in [9.17, 15) is 19.0 Å². The SMILES string of the molecule is CCNc1cc(C(=O)N[C@@H](Cc2ccccc2Cl)[C@H](O)CNC(C)CCCC(C)C)cc(N2CCCCS2(O)O)c1. The number of hydrogen-bond acceptors (Lipinski definition) is 7. The molecule has 10 heteroatoms. The van der Waals surface area contributed by atoms with Crippen LogP contribution >= 0.6 is 22.4 Å². The van der Waals surface area contributed by atoms with E-state index < -0.39 is 22.9 Å². The highest BCUT2D eigenvalue weighted by molar-refractivity contribution is 8.25. The molecule has 3 rings (SSSR count). The number of aliphatic hydroxyl groups is 1. The van der Waals surface area contributed by atoms with Crippen molar-refractivity contribution < 1.29 is 19.0 Å². The van der Waals surface area contributed by atoms with E-state index in [0.29, 0.717) is 54.0 Å². The molecule has 1 unspecified atom stereocenters. The largest absolute Gasteiger partial charge is 0.390 e. The van der Waals surface area contributed by atoms with E-state index in [1.807, 2.05) is 31.2 Å². The fourth-order valence-corrected chi connectivity index (χ4v) is 7.02. The molecule has 1 aliphatic rings. The summed E-state index contributed by atoms with van der Waals surface area (Å²) in [4.78, 5) is 13.7. The maximum absolute atomic E-state index is 13.7. The minimum absolute atomic E-state index is 0.240. The minimum atomic E-state index is -2.95. The number of hydrogen-bond donors (Lipinski definition) is 6.